The van der Waals surface area contributed by atoms with E-state index in [9.17, 15) is 0 Å². The van der Waals surface area contributed by atoms with Gasteiger partial charge in [-0.2, -0.15) is 10.3 Å². The normalized spacial score (nSPS) is 12.1. The third-order valence-corrected chi connectivity index (χ3v) is 1.74. The van der Waals surface area contributed by atoms with Gasteiger partial charge in [0.05, 0.1) is 10.7 Å². The SMILES string of the molecule is Brc1cnc2c(c1)C=[C+]N2. The molecule has 0 fully saturated rings. The number of rotatable bonds is 0. The van der Waals surface area contributed by atoms with Crippen molar-refractivity contribution >= 4 is 27.8 Å². The summed E-state index contributed by atoms with van der Waals surface area (Å²) in [5.41, 5.74) is 1.08. The lowest BCUT2D eigenvalue weighted by molar-refractivity contribution is 1.30. The molecule has 1 aromatic heterocycles. The minimum Gasteiger partial charge on any atom is -0.181 e. The summed E-state index contributed by atoms with van der Waals surface area (Å²) in [6, 6.07) is 2.00. The number of hydrogen-bond acceptors (Lipinski definition) is 2. The molecular weight excluding hydrogens is 192 g/mol. The third-order valence-electron chi connectivity index (χ3n) is 1.30. The number of anilines is 1. The molecule has 2 rings (SSSR count). The van der Waals surface area contributed by atoms with Crippen LogP contribution in [0.25, 0.3) is 6.08 Å². The molecule has 0 saturated heterocycles. The van der Waals surface area contributed by atoms with Crippen LogP contribution in [0.4, 0.5) is 5.82 Å². The van der Waals surface area contributed by atoms with Crippen molar-refractivity contribution in [3.63, 3.8) is 0 Å². The van der Waals surface area contributed by atoms with Gasteiger partial charge in [-0.25, -0.2) is 0 Å². The molecule has 1 aliphatic rings. The highest BCUT2D eigenvalue weighted by molar-refractivity contribution is 9.10. The minimum absolute atomic E-state index is 0.878. The number of nitrogens with one attached hydrogen (secondary N) is 1. The van der Waals surface area contributed by atoms with Gasteiger partial charge in [0, 0.05) is 6.07 Å². The van der Waals surface area contributed by atoms with E-state index in [0.29, 0.717) is 0 Å². The summed E-state index contributed by atoms with van der Waals surface area (Å²) in [5.74, 6) is 0.878. The Bertz CT molecular complexity index is 294. The second kappa shape index (κ2) is 2.04. The first-order valence-corrected chi connectivity index (χ1v) is 3.66. The molecule has 0 radical (unpaired) electrons. The first-order valence-electron chi connectivity index (χ1n) is 2.86. The van der Waals surface area contributed by atoms with Crippen LogP contribution in [0.2, 0.25) is 0 Å². The molecule has 48 valence electrons. The summed E-state index contributed by atoms with van der Waals surface area (Å²) in [6.07, 6.45) is 6.48. The smallest absolute Gasteiger partial charge is 0.181 e. The number of hydrogen-bond donors (Lipinski definition) is 1. The largest absolute Gasteiger partial charge is 0.293 e. The van der Waals surface area contributed by atoms with Crippen LogP contribution in [0, 0.1) is 6.20 Å². The topological polar surface area (TPSA) is 24.9 Å². The molecule has 0 unspecified atom stereocenters. The Balaban J connectivity index is 2.60. The summed E-state index contributed by atoms with van der Waals surface area (Å²) >= 11 is 3.33. The summed E-state index contributed by atoms with van der Waals surface area (Å²) in [5, 5.41) is 2.89. The van der Waals surface area contributed by atoms with Gasteiger partial charge < -0.3 is 0 Å². The van der Waals surface area contributed by atoms with Gasteiger partial charge in [-0.3, -0.25) is 0 Å². The number of nitrogens with zero attached hydrogens (tertiary/aromatic N) is 1. The van der Waals surface area contributed by atoms with Crippen molar-refractivity contribution in [2.24, 2.45) is 0 Å². The van der Waals surface area contributed by atoms with Gasteiger partial charge in [0.25, 0.3) is 5.82 Å². The van der Waals surface area contributed by atoms with Crippen LogP contribution in [0.5, 0.6) is 0 Å². The van der Waals surface area contributed by atoms with Crippen LogP contribution in [-0.2, 0) is 0 Å². The lowest BCUT2D eigenvalue weighted by Crippen LogP contribution is -1.87. The molecule has 2 heterocycles. The average Bonchev–Trinajstić information content (AvgIpc) is 2.33. The van der Waals surface area contributed by atoms with Gasteiger partial charge in [0.2, 0.25) is 0 Å². The van der Waals surface area contributed by atoms with Crippen LogP contribution < -0.4 is 5.32 Å². The van der Waals surface area contributed by atoms with Gasteiger partial charge in [-0.05, 0) is 15.9 Å². The van der Waals surface area contributed by atoms with Crippen molar-refractivity contribution in [1.29, 1.82) is 0 Å². The molecule has 0 atom stereocenters. The highest BCUT2D eigenvalue weighted by Gasteiger charge is 2.17. The van der Waals surface area contributed by atoms with Crippen molar-refractivity contribution < 1.29 is 0 Å². The molecule has 0 aromatic carbocycles. The zero-order chi connectivity index (χ0) is 6.97. The average molecular weight is 196 g/mol. The molecule has 0 aliphatic carbocycles. The zero-order valence-corrected chi connectivity index (χ0v) is 6.64. The van der Waals surface area contributed by atoms with Crippen molar-refractivity contribution in [1.82, 2.24) is 4.98 Å². The van der Waals surface area contributed by atoms with Crippen LogP contribution in [0.3, 0.4) is 0 Å². The van der Waals surface area contributed by atoms with Crippen molar-refractivity contribution in [3.05, 3.63) is 28.5 Å². The van der Waals surface area contributed by atoms with Crippen molar-refractivity contribution in [2.45, 2.75) is 0 Å². The number of fused-ring (bicyclic) bond motifs is 1. The Morgan fingerprint density at radius 1 is 1.60 bits per heavy atom. The second-order valence-electron chi connectivity index (χ2n) is 2.01. The molecule has 0 spiro atoms. The maximum atomic E-state index is 4.11. The third kappa shape index (κ3) is 0.801. The van der Waals surface area contributed by atoms with Crippen LogP contribution in [0.1, 0.15) is 5.56 Å². The van der Waals surface area contributed by atoms with Crippen molar-refractivity contribution in [3.8, 4) is 0 Å². The van der Waals surface area contributed by atoms with Gasteiger partial charge in [-0.15, -0.1) is 0 Å². The molecule has 0 saturated carbocycles. The maximum Gasteiger partial charge on any atom is 0.293 e. The lowest BCUT2D eigenvalue weighted by atomic mass is 10.3. The minimum atomic E-state index is 0.878. The van der Waals surface area contributed by atoms with Crippen molar-refractivity contribution in [2.75, 3.05) is 5.32 Å². The first kappa shape index (κ1) is 5.83. The molecule has 0 amide bonds. The monoisotopic (exact) mass is 195 g/mol. The van der Waals surface area contributed by atoms with E-state index in [1.165, 1.54) is 0 Å². The van der Waals surface area contributed by atoms with E-state index in [1.54, 1.807) is 6.20 Å². The van der Waals surface area contributed by atoms with Crippen LogP contribution in [-0.4, -0.2) is 4.98 Å². The molecule has 10 heavy (non-hydrogen) atoms. The summed E-state index contributed by atoms with van der Waals surface area (Å²) < 4.78 is 0.994. The highest BCUT2D eigenvalue weighted by atomic mass is 79.9. The summed E-state index contributed by atoms with van der Waals surface area (Å²) in [4.78, 5) is 4.11. The van der Waals surface area contributed by atoms with Gasteiger partial charge in [-0.1, -0.05) is 0 Å². The predicted molar refractivity (Wildman–Crippen MR) is 43.3 cm³/mol. The van der Waals surface area contributed by atoms with Gasteiger partial charge in [0.1, 0.15) is 12.3 Å². The Morgan fingerprint density at radius 3 is 3.40 bits per heavy atom. The Labute approximate surface area is 67.1 Å². The number of halogens is 1. The fourth-order valence-electron chi connectivity index (χ4n) is 0.852. The van der Waals surface area contributed by atoms with Gasteiger partial charge in [0.15, 0.2) is 5.56 Å². The molecule has 1 aliphatic heterocycles. The fourth-order valence-corrected chi connectivity index (χ4v) is 1.20. The van der Waals surface area contributed by atoms with E-state index in [1.807, 2.05) is 12.1 Å². The lowest BCUT2D eigenvalue weighted by Gasteiger charge is -1.86. The Kier molecular flexibility index (Phi) is 1.19. The molecule has 0 bridgehead atoms. The Morgan fingerprint density at radius 2 is 2.50 bits per heavy atom. The number of aromatic nitrogens is 1. The van der Waals surface area contributed by atoms with E-state index >= 15 is 0 Å². The quantitative estimate of drug-likeness (QED) is 0.642. The van der Waals surface area contributed by atoms with E-state index in [-0.39, 0.29) is 0 Å². The summed E-state index contributed by atoms with van der Waals surface area (Å²) in [6.45, 7) is 0. The first-order chi connectivity index (χ1) is 4.86. The van der Waals surface area contributed by atoms with E-state index in [0.717, 1.165) is 15.9 Å². The number of pyridine rings is 1. The zero-order valence-electron chi connectivity index (χ0n) is 5.06. The van der Waals surface area contributed by atoms with E-state index in [4.69, 9.17) is 0 Å². The standard InChI is InChI=1S/C7H4BrN2/c8-6-3-5-1-2-9-7(5)10-4-6/h1,3-4H,(H,9,10)/q+1. The van der Waals surface area contributed by atoms with Crippen LogP contribution >= 0.6 is 15.9 Å². The van der Waals surface area contributed by atoms with E-state index in [2.05, 4.69) is 32.4 Å². The highest BCUT2D eigenvalue weighted by Crippen LogP contribution is 2.22. The van der Waals surface area contributed by atoms with E-state index < -0.39 is 0 Å². The van der Waals surface area contributed by atoms with Gasteiger partial charge >= 0.3 is 0 Å². The molecule has 1 N–H and O–H groups in total. The second-order valence-corrected chi connectivity index (χ2v) is 2.92. The molecule has 2 nitrogen and oxygen atoms in total. The fraction of sp³-hybridized carbons (Fsp3) is 0. The Hall–Kier alpha value is -0.920. The maximum absolute atomic E-state index is 4.11. The van der Waals surface area contributed by atoms with Crippen LogP contribution in [0.15, 0.2) is 16.7 Å². The molecule has 3 heteroatoms. The molecular formula is C7H4BrN2+. The summed E-state index contributed by atoms with van der Waals surface area (Å²) in [7, 11) is 0. The predicted octanol–water partition coefficient (Wildman–Crippen LogP) is 2.04. The molecule has 1 aromatic rings.